The van der Waals surface area contributed by atoms with Crippen molar-refractivity contribution >= 4 is 0 Å². The minimum absolute atomic E-state index is 1.10. The van der Waals surface area contributed by atoms with Gasteiger partial charge in [-0.15, -0.1) is 0 Å². The van der Waals surface area contributed by atoms with E-state index in [1.165, 1.54) is 44.5 Å². The highest BCUT2D eigenvalue weighted by Crippen LogP contribution is 2.33. The van der Waals surface area contributed by atoms with Crippen molar-refractivity contribution in [1.82, 2.24) is 0 Å². The monoisotopic (exact) mass is 372 g/mol. The Labute approximate surface area is 172 Å². The third-order valence-electron chi connectivity index (χ3n) is 5.28. The van der Waals surface area contributed by atoms with Gasteiger partial charge in [-0.1, -0.05) is 102 Å². The molecule has 0 heterocycles. The molecule has 0 aromatic heterocycles. The molecule has 0 saturated heterocycles. The Hall–Kier alpha value is -2.34. The minimum Gasteiger partial charge on any atom is -0.0683 e. The van der Waals surface area contributed by atoms with Crippen molar-refractivity contribution in [3.63, 3.8) is 0 Å². The molecule has 3 aromatic rings. The van der Waals surface area contributed by atoms with E-state index in [1.54, 1.807) is 0 Å². The fraction of sp³-hybridized carbons (Fsp3) is 0.357. The summed E-state index contributed by atoms with van der Waals surface area (Å²) in [5.74, 6) is 0. The fourth-order valence-electron chi connectivity index (χ4n) is 4.08. The Balaban J connectivity index is 0.000000430. The summed E-state index contributed by atoms with van der Waals surface area (Å²) < 4.78 is 0. The van der Waals surface area contributed by atoms with Gasteiger partial charge in [-0.25, -0.2) is 0 Å². The average molecular weight is 373 g/mol. The zero-order chi connectivity index (χ0) is 20.5. The molecule has 0 aliphatic heterocycles. The standard InChI is InChI=1S/C22H18.3C2H6/c1-2-6-16-10-20-14-22-12-18-8-4-3-7-17(18)11-21(22)13-19(20)9-15(16)5-1;3*1-2/h1-8,13-14H,9-12H2;3*1-2H3. The number of benzene rings is 3. The van der Waals surface area contributed by atoms with Crippen LogP contribution in [0.3, 0.4) is 0 Å². The Morgan fingerprint density at radius 3 is 0.786 bits per heavy atom. The molecule has 5 rings (SSSR count). The van der Waals surface area contributed by atoms with Crippen LogP contribution in [0.15, 0.2) is 60.7 Å². The third kappa shape index (κ3) is 4.55. The quantitative estimate of drug-likeness (QED) is 0.260. The summed E-state index contributed by atoms with van der Waals surface area (Å²) in [5.41, 5.74) is 12.2. The van der Waals surface area contributed by atoms with Crippen LogP contribution >= 0.6 is 0 Å². The first-order chi connectivity index (χ1) is 13.9. The third-order valence-corrected chi connectivity index (χ3v) is 5.28. The molecular weight excluding hydrogens is 336 g/mol. The molecule has 0 fully saturated rings. The summed E-state index contributed by atoms with van der Waals surface area (Å²) in [7, 11) is 0. The Morgan fingerprint density at radius 1 is 0.357 bits per heavy atom. The van der Waals surface area contributed by atoms with E-state index in [1.807, 2.05) is 41.5 Å². The van der Waals surface area contributed by atoms with Gasteiger partial charge >= 0.3 is 0 Å². The molecule has 0 amide bonds. The van der Waals surface area contributed by atoms with Gasteiger partial charge in [-0.05, 0) is 70.2 Å². The lowest BCUT2D eigenvalue weighted by atomic mass is 9.79. The second kappa shape index (κ2) is 10.9. The molecule has 0 N–H and O–H groups in total. The molecule has 148 valence electrons. The van der Waals surface area contributed by atoms with Gasteiger partial charge in [0.05, 0.1) is 0 Å². The van der Waals surface area contributed by atoms with E-state index in [-0.39, 0.29) is 0 Å². The van der Waals surface area contributed by atoms with Crippen molar-refractivity contribution in [1.29, 1.82) is 0 Å². The summed E-state index contributed by atoms with van der Waals surface area (Å²) in [5, 5.41) is 0. The Kier molecular flexibility index (Phi) is 8.51. The van der Waals surface area contributed by atoms with Crippen LogP contribution in [0.25, 0.3) is 0 Å². The maximum absolute atomic E-state index is 2.48. The summed E-state index contributed by atoms with van der Waals surface area (Å²) >= 11 is 0. The molecule has 0 unspecified atom stereocenters. The van der Waals surface area contributed by atoms with Gasteiger partial charge in [-0.3, -0.25) is 0 Å². The van der Waals surface area contributed by atoms with Crippen molar-refractivity contribution in [3.05, 3.63) is 105 Å². The van der Waals surface area contributed by atoms with Gasteiger partial charge in [0.2, 0.25) is 0 Å². The second-order valence-corrected chi connectivity index (χ2v) is 6.63. The number of hydrogen-bond donors (Lipinski definition) is 0. The lowest BCUT2D eigenvalue weighted by Crippen LogP contribution is -2.13. The van der Waals surface area contributed by atoms with Crippen LogP contribution in [0.2, 0.25) is 0 Å². The van der Waals surface area contributed by atoms with Crippen LogP contribution in [0.5, 0.6) is 0 Å². The van der Waals surface area contributed by atoms with Gasteiger partial charge in [0.15, 0.2) is 0 Å². The van der Waals surface area contributed by atoms with E-state index in [0.29, 0.717) is 0 Å². The van der Waals surface area contributed by atoms with Crippen molar-refractivity contribution in [2.24, 2.45) is 0 Å². The fourth-order valence-corrected chi connectivity index (χ4v) is 4.08. The normalized spacial score (nSPS) is 12.1. The first-order valence-electron chi connectivity index (χ1n) is 11.1. The predicted molar refractivity (Wildman–Crippen MR) is 125 cm³/mol. The minimum atomic E-state index is 1.10. The molecule has 0 heteroatoms. The highest BCUT2D eigenvalue weighted by molar-refractivity contribution is 5.53. The van der Waals surface area contributed by atoms with Crippen LogP contribution in [-0.2, 0) is 25.7 Å². The second-order valence-electron chi connectivity index (χ2n) is 6.63. The topological polar surface area (TPSA) is 0 Å². The maximum atomic E-state index is 2.48. The Bertz CT molecular complexity index is 743. The summed E-state index contributed by atoms with van der Waals surface area (Å²) in [4.78, 5) is 0. The van der Waals surface area contributed by atoms with Crippen molar-refractivity contribution in [2.45, 2.75) is 67.2 Å². The zero-order valence-electron chi connectivity index (χ0n) is 18.6. The summed E-state index contributed by atoms with van der Waals surface area (Å²) in [6.07, 6.45) is 4.39. The van der Waals surface area contributed by atoms with E-state index in [4.69, 9.17) is 0 Å². The number of hydrogen-bond acceptors (Lipinski definition) is 0. The molecule has 0 saturated carbocycles. The van der Waals surface area contributed by atoms with Gasteiger partial charge in [0.25, 0.3) is 0 Å². The Morgan fingerprint density at radius 2 is 0.571 bits per heavy atom. The molecule has 2 aliphatic rings. The first kappa shape index (κ1) is 22.0. The van der Waals surface area contributed by atoms with E-state index in [2.05, 4.69) is 60.7 Å². The molecule has 0 radical (unpaired) electrons. The van der Waals surface area contributed by atoms with Crippen molar-refractivity contribution < 1.29 is 0 Å². The van der Waals surface area contributed by atoms with Gasteiger partial charge < -0.3 is 0 Å². The summed E-state index contributed by atoms with van der Waals surface area (Å²) in [6, 6.07) is 22.8. The largest absolute Gasteiger partial charge is 0.0683 e. The zero-order valence-corrected chi connectivity index (χ0v) is 18.6. The van der Waals surface area contributed by atoms with Crippen LogP contribution in [0.4, 0.5) is 0 Å². The van der Waals surface area contributed by atoms with E-state index >= 15 is 0 Å². The average Bonchev–Trinajstić information content (AvgIpc) is 2.79. The molecule has 0 spiro atoms. The molecule has 3 aromatic carbocycles. The highest BCUT2D eigenvalue weighted by atomic mass is 14.2. The van der Waals surface area contributed by atoms with Crippen LogP contribution in [-0.4, -0.2) is 0 Å². The number of fused-ring (bicyclic) bond motifs is 4. The van der Waals surface area contributed by atoms with Crippen LogP contribution in [0, 0.1) is 0 Å². The van der Waals surface area contributed by atoms with E-state index in [9.17, 15) is 0 Å². The SMILES string of the molecule is CC.CC.CC.c1ccc2c(c1)Cc1cc3c(cc1C2)Cc1ccccc1C3. The van der Waals surface area contributed by atoms with Gasteiger partial charge in [0.1, 0.15) is 0 Å². The van der Waals surface area contributed by atoms with Crippen LogP contribution in [0.1, 0.15) is 86.1 Å². The first-order valence-corrected chi connectivity index (χ1v) is 11.1. The molecule has 28 heavy (non-hydrogen) atoms. The van der Waals surface area contributed by atoms with Crippen molar-refractivity contribution in [3.8, 4) is 0 Å². The highest BCUT2D eigenvalue weighted by Gasteiger charge is 2.20. The molecule has 2 aliphatic carbocycles. The molecule has 0 bridgehead atoms. The van der Waals surface area contributed by atoms with E-state index in [0.717, 1.165) is 25.7 Å². The lowest BCUT2D eigenvalue weighted by molar-refractivity contribution is 0.945. The predicted octanol–water partition coefficient (Wildman–Crippen LogP) is 7.76. The molecule has 0 nitrogen and oxygen atoms in total. The van der Waals surface area contributed by atoms with Gasteiger partial charge in [-0.2, -0.15) is 0 Å². The van der Waals surface area contributed by atoms with Crippen molar-refractivity contribution in [2.75, 3.05) is 0 Å². The molecular formula is C28H36. The lowest BCUT2D eigenvalue weighted by Gasteiger charge is -2.25. The van der Waals surface area contributed by atoms with Crippen LogP contribution < -0.4 is 0 Å². The maximum Gasteiger partial charge on any atom is -0.00200 e. The smallest absolute Gasteiger partial charge is 0.00200 e. The number of rotatable bonds is 0. The van der Waals surface area contributed by atoms with Gasteiger partial charge in [0, 0.05) is 0 Å². The molecule has 0 atom stereocenters. The summed E-state index contributed by atoms with van der Waals surface area (Å²) in [6.45, 7) is 12.0. The van der Waals surface area contributed by atoms with E-state index < -0.39 is 0 Å².